The highest BCUT2D eigenvalue weighted by atomic mass is 79.9. The van der Waals surface area contributed by atoms with Crippen LogP contribution in [0.5, 0.6) is 0 Å². The molecular formula is C10H12Br2. The number of hydrogen-bond donors (Lipinski definition) is 0. The topological polar surface area (TPSA) is 0 Å². The number of rotatable bonds is 3. The van der Waals surface area contributed by atoms with E-state index in [4.69, 9.17) is 0 Å². The van der Waals surface area contributed by atoms with Crippen molar-refractivity contribution in [3.63, 3.8) is 0 Å². The van der Waals surface area contributed by atoms with Gasteiger partial charge in [0.1, 0.15) is 0 Å². The zero-order valence-electron chi connectivity index (χ0n) is 7.11. The molecule has 0 nitrogen and oxygen atoms in total. The van der Waals surface area contributed by atoms with E-state index < -0.39 is 0 Å². The summed E-state index contributed by atoms with van der Waals surface area (Å²) in [7, 11) is 0. The molecule has 0 saturated heterocycles. The van der Waals surface area contributed by atoms with Crippen molar-refractivity contribution in [2.75, 3.05) is 0 Å². The summed E-state index contributed by atoms with van der Waals surface area (Å²) in [5, 5.41) is 0.922. The van der Waals surface area contributed by atoms with Gasteiger partial charge in [-0.05, 0) is 23.6 Å². The number of halogens is 2. The van der Waals surface area contributed by atoms with Gasteiger partial charge in [-0.15, -0.1) is 0 Å². The molecule has 0 aromatic heterocycles. The quantitative estimate of drug-likeness (QED) is 0.729. The van der Waals surface area contributed by atoms with Crippen molar-refractivity contribution >= 4 is 31.9 Å². The molecule has 0 saturated carbocycles. The van der Waals surface area contributed by atoms with E-state index in [9.17, 15) is 0 Å². The highest BCUT2D eigenvalue weighted by molar-refractivity contribution is 9.10. The first-order valence-corrected chi connectivity index (χ1v) is 6.02. The molecule has 0 fully saturated rings. The monoisotopic (exact) mass is 290 g/mol. The molecule has 1 aromatic rings. The van der Waals surface area contributed by atoms with Crippen LogP contribution in [0, 0.1) is 0 Å². The highest BCUT2D eigenvalue weighted by Crippen LogP contribution is 2.21. The second kappa shape index (κ2) is 5.03. The van der Waals surface area contributed by atoms with E-state index in [2.05, 4.69) is 57.0 Å². The lowest BCUT2D eigenvalue weighted by Crippen LogP contribution is -1.86. The Morgan fingerprint density at radius 1 is 1.33 bits per heavy atom. The van der Waals surface area contributed by atoms with Crippen molar-refractivity contribution in [1.29, 1.82) is 0 Å². The second-order valence-corrected chi connectivity index (χ2v) is 4.22. The number of aryl methyl sites for hydroxylation is 1. The minimum absolute atomic E-state index is 0.922. The van der Waals surface area contributed by atoms with Crippen LogP contribution in [-0.4, -0.2) is 0 Å². The normalized spacial score (nSPS) is 10.2. The lowest BCUT2D eigenvalue weighted by Gasteiger charge is -2.03. The average Bonchev–Trinajstić information content (AvgIpc) is 2.09. The lowest BCUT2D eigenvalue weighted by molar-refractivity contribution is 0.919. The van der Waals surface area contributed by atoms with Crippen molar-refractivity contribution in [3.8, 4) is 0 Å². The van der Waals surface area contributed by atoms with E-state index in [1.54, 1.807) is 0 Å². The molecule has 0 heterocycles. The van der Waals surface area contributed by atoms with Gasteiger partial charge in [-0.1, -0.05) is 57.3 Å². The minimum Gasteiger partial charge on any atom is -0.0876 e. The van der Waals surface area contributed by atoms with Gasteiger partial charge in [0, 0.05) is 9.80 Å². The van der Waals surface area contributed by atoms with Gasteiger partial charge in [0.15, 0.2) is 0 Å². The van der Waals surface area contributed by atoms with Crippen LogP contribution in [-0.2, 0) is 11.8 Å². The third-order valence-electron chi connectivity index (χ3n) is 1.79. The van der Waals surface area contributed by atoms with Crippen molar-refractivity contribution in [2.45, 2.75) is 25.1 Å². The first-order valence-electron chi connectivity index (χ1n) is 4.11. The lowest BCUT2D eigenvalue weighted by atomic mass is 10.1. The van der Waals surface area contributed by atoms with Gasteiger partial charge in [0.25, 0.3) is 0 Å². The predicted octanol–water partition coefficient (Wildman–Crippen LogP) is 4.30. The Kier molecular flexibility index (Phi) is 4.30. The molecule has 0 aliphatic rings. The van der Waals surface area contributed by atoms with Crippen LogP contribution in [0.25, 0.3) is 0 Å². The maximum atomic E-state index is 3.51. The third kappa shape index (κ3) is 2.60. The average molecular weight is 292 g/mol. The first kappa shape index (κ1) is 10.3. The van der Waals surface area contributed by atoms with Crippen molar-refractivity contribution < 1.29 is 0 Å². The van der Waals surface area contributed by atoms with Gasteiger partial charge in [0.05, 0.1) is 0 Å². The molecule has 0 bridgehead atoms. The van der Waals surface area contributed by atoms with E-state index >= 15 is 0 Å². The molecule has 0 atom stereocenters. The van der Waals surface area contributed by atoms with Gasteiger partial charge in [0.2, 0.25) is 0 Å². The van der Waals surface area contributed by atoms with Crippen molar-refractivity contribution in [2.24, 2.45) is 0 Å². The fraction of sp³-hybridized carbons (Fsp3) is 0.400. The van der Waals surface area contributed by atoms with Crippen LogP contribution >= 0.6 is 31.9 Å². The molecule has 0 amide bonds. The third-order valence-corrected chi connectivity index (χ3v) is 3.17. The Labute approximate surface area is 90.6 Å². The summed E-state index contributed by atoms with van der Waals surface area (Å²) >= 11 is 6.98. The molecule has 1 rings (SSSR count). The van der Waals surface area contributed by atoms with Crippen LogP contribution in [0.1, 0.15) is 24.5 Å². The summed E-state index contributed by atoms with van der Waals surface area (Å²) in [6.07, 6.45) is 2.39. The standard InChI is InChI=1S/C10H12Br2/c1-2-3-8-4-5-10(12)9(6-8)7-11/h4-6H,2-3,7H2,1H3. The van der Waals surface area contributed by atoms with E-state index in [1.807, 2.05) is 0 Å². The van der Waals surface area contributed by atoms with E-state index in [0.29, 0.717) is 0 Å². The predicted molar refractivity (Wildman–Crippen MR) is 60.8 cm³/mol. The number of alkyl halides is 1. The zero-order valence-corrected chi connectivity index (χ0v) is 10.3. The number of benzene rings is 1. The van der Waals surface area contributed by atoms with Crippen LogP contribution in [0.2, 0.25) is 0 Å². The van der Waals surface area contributed by atoms with Crippen LogP contribution < -0.4 is 0 Å². The molecule has 2 heteroatoms. The second-order valence-electron chi connectivity index (χ2n) is 2.81. The molecule has 0 aliphatic heterocycles. The molecule has 12 heavy (non-hydrogen) atoms. The maximum absolute atomic E-state index is 3.51. The van der Waals surface area contributed by atoms with E-state index in [-0.39, 0.29) is 0 Å². The van der Waals surface area contributed by atoms with Gasteiger partial charge in [-0.3, -0.25) is 0 Å². The van der Waals surface area contributed by atoms with Gasteiger partial charge in [-0.25, -0.2) is 0 Å². The summed E-state index contributed by atoms with van der Waals surface area (Å²) in [5.41, 5.74) is 2.76. The molecule has 0 radical (unpaired) electrons. The zero-order chi connectivity index (χ0) is 8.97. The van der Waals surface area contributed by atoms with Crippen molar-refractivity contribution in [1.82, 2.24) is 0 Å². The molecule has 0 aliphatic carbocycles. The van der Waals surface area contributed by atoms with Crippen molar-refractivity contribution in [3.05, 3.63) is 33.8 Å². The fourth-order valence-electron chi connectivity index (χ4n) is 1.17. The van der Waals surface area contributed by atoms with Gasteiger partial charge < -0.3 is 0 Å². The molecule has 66 valence electrons. The summed E-state index contributed by atoms with van der Waals surface area (Å²) in [4.78, 5) is 0. The van der Waals surface area contributed by atoms with Crippen LogP contribution in [0.15, 0.2) is 22.7 Å². The molecule has 0 spiro atoms. The van der Waals surface area contributed by atoms with Crippen LogP contribution in [0.3, 0.4) is 0 Å². The summed E-state index contributed by atoms with van der Waals surface area (Å²) in [6.45, 7) is 2.20. The van der Waals surface area contributed by atoms with E-state index in [0.717, 1.165) is 5.33 Å². The molecule has 1 aromatic carbocycles. The smallest absolute Gasteiger partial charge is 0.0294 e. The SMILES string of the molecule is CCCc1ccc(Br)c(CBr)c1. The maximum Gasteiger partial charge on any atom is 0.0294 e. The Morgan fingerprint density at radius 3 is 2.67 bits per heavy atom. The summed E-state index contributed by atoms with van der Waals surface area (Å²) < 4.78 is 1.19. The highest BCUT2D eigenvalue weighted by Gasteiger charge is 1.99. The largest absolute Gasteiger partial charge is 0.0876 e. The first-order chi connectivity index (χ1) is 5.77. The minimum atomic E-state index is 0.922. The molecule has 0 unspecified atom stereocenters. The van der Waals surface area contributed by atoms with Crippen LogP contribution in [0.4, 0.5) is 0 Å². The van der Waals surface area contributed by atoms with Gasteiger partial charge in [-0.2, -0.15) is 0 Å². The van der Waals surface area contributed by atoms with E-state index in [1.165, 1.54) is 28.4 Å². The Hall–Kier alpha value is 0.180. The van der Waals surface area contributed by atoms with Gasteiger partial charge >= 0.3 is 0 Å². The Morgan fingerprint density at radius 2 is 2.08 bits per heavy atom. The Balaban J connectivity index is 2.89. The Bertz CT molecular complexity index is 256. The summed E-state index contributed by atoms with van der Waals surface area (Å²) in [6, 6.07) is 6.56. The molecule has 0 N–H and O–H groups in total. The number of hydrogen-bond acceptors (Lipinski definition) is 0. The fourth-order valence-corrected chi connectivity index (χ4v) is 2.40. The summed E-state index contributed by atoms with van der Waals surface area (Å²) in [5.74, 6) is 0. The molecular weight excluding hydrogens is 280 g/mol.